The Morgan fingerprint density at radius 3 is 2.35 bits per heavy atom. The van der Waals surface area contributed by atoms with Gasteiger partial charge in [0.1, 0.15) is 5.82 Å². The van der Waals surface area contributed by atoms with Gasteiger partial charge in [-0.2, -0.15) is 0 Å². The fourth-order valence-electron chi connectivity index (χ4n) is 3.73. The molecule has 1 fully saturated rings. The molecule has 1 aliphatic carbocycles. The zero-order chi connectivity index (χ0) is 16.9. The summed E-state index contributed by atoms with van der Waals surface area (Å²) in [6.45, 7) is 1.74. The Bertz CT molecular complexity index is 496. The van der Waals surface area contributed by atoms with Gasteiger partial charge in [0, 0.05) is 0 Å². The number of rotatable bonds is 7. The zero-order valence-electron chi connectivity index (χ0n) is 14.4. The van der Waals surface area contributed by atoms with Gasteiger partial charge in [-0.15, -0.1) is 22.2 Å². The third-order valence-electron chi connectivity index (χ3n) is 5.37. The molecule has 0 amide bonds. The van der Waals surface area contributed by atoms with Crippen LogP contribution in [0.3, 0.4) is 0 Å². The van der Waals surface area contributed by atoms with Gasteiger partial charge in [0.25, 0.3) is 6.69 Å². The number of hydrogen-bond acceptors (Lipinski definition) is 0. The van der Waals surface area contributed by atoms with E-state index in [-0.39, 0.29) is 5.82 Å². The Labute approximate surface area is 151 Å². The van der Waals surface area contributed by atoms with Crippen molar-refractivity contribution in [3.8, 4) is 0 Å². The molecule has 0 heterocycles. The maximum atomic E-state index is 14.6. The molecule has 1 aromatic rings. The minimum absolute atomic E-state index is 0.108. The molecule has 23 heavy (non-hydrogen) atoms. The minimum Gasteiger partial charge on any atom is -0.207 e. The van der Waals surface area contributed by atoms with E-state index in [1.54, 1.807) is 6.07 Å². The number of hydrogen-bond donors (Lipinski definition) is 0. The third kappa shape index (κ3) is 5.21. The zero-order valence-corrected chi connectivity index (χ0v) is 16.9. The lowest BCUT2D eigenvalue weighted by Gasteiger charge is -2.29. The lowest BCUT2D eigenvalue weighted by molar-refractivity contribution is 0.299. The lowest BCUT2D eigenvalue weighted by Crippen LogP contribution is -2.36. The van der Waals surface area contributed by atoms with Crippen molar-refractivity contribution in [3.63, 3.8) is 0 Å². The summed E-state index contributed by atoms with van der Waals surface area (Å²) in [5.74, 6) is 1.12. The molecule has 0 radical (unpaired) electrons. The molecule has 4 heteroatoms. The fourth-order valence-corrected chi connectivity index (χ4v) is 5.51. The first-order valence-electron chi connectivity index (χ1n) is 9.15. The molecule has 0 unspecified atom stereocenters. The van der Waals surface area contributed by atoms with Crippen LogP contribution >= 0.6 is 22.2 Å². The molecule has 0 spiro atoms. The van der Waals surface area contributed by atoms with E-state index in [1.807, 2.05) is 19.1 Å². The summed E-state index contributed by atoms with van der Waals surface area (Å²) < 4.78 is 14.6. The second-order valence-corrected chi connectivity index (χ2v) is 14.2. The summed E-state index contributed by atoms with van der Waals surface area (Å²) in [6, 6.07) is 6.20. The van der Waals surface area contributed by atoms with Crippen molar-refractivity contribution in [1.29, 1.82) is 0 Å². The van der Waals surface area contributed by atoms with E-state index in [0.717, 1.165) is 29.5 Å². The Kier molecular flexibility index (Phi) is 7.43. The SMILES string of the molecule is CCCCCC1CCC(c2ccc([Si](Cl)(Cl)CC)cc2F)CC1. The molecule has 0 nitrogen and oxygen atoms in total. The van der Waals surface area contributed by atoms with Crippen molar-refractivity contribution < 1.29 is 4.39 Å². The van der Waals surface area contributed by atoms with Crippen molar-refractivity contribution in [3.05, 3.63) is 29.6 Å². The standard InChI is InChI=1S/C19H29Cl2FSi/c1-3-5-6-7-15-8-10-16(11-9-15)18-13-12-17(14-19(18)22)23(20,21)4-2/h12-16H,3-11H2,1-2H3. The Morgan fingerprint density at radius 2 is 1.78 bits per heavy atom. The smallest absolute Gasteiger partial charge is 0.207 e. The highest BCUT2D eigenvalue weighted by Crippen LogP contribution is 2.38. The number of halogens is 3. The van der Waals surface area contributed by atoms with E-state index in [1.165, 1.54) is 38.5 Å². The highest BCUT2D eigenvalue weighted by Gasteiger charge is 2.30. The summed E-state index contributed by atoms with van der Waals surface area (Å²) in [4.78, 5) is 0. The monoisotopic (exact) mass is 374 g/mol. The maximum Gasteiger partial charge on any atom is 0.280 e. The molecule has 1 saturated carbocycles. The van der Waals surface area contributed by atoms with E-state index < -0.39 is 6.69 Å². The van der Waals surface area contributed by atoms with Crippen LogP contribution in [0.15, 0.2) is 18.2 Å². The lowest BCUT2D eigenvalue weighted by atomic mass is 9.77. The first-order valence-corrected chi connectivity index (χ1v) is 13.4. The molecule has 130 valence electrons. The van der Waals surface area contributed by atoms with Crippen molar-refractivity contribution in [2.24, 2.45) is 5.92 Å². The first-order chi connectivity index (χ1) is 11.0. The van der Waals surface area contributed by atoms with E-state index in [2.05, 4.69) is 6.92 Å². The van der Waals surface area contributed by atoms with Gasteiger partial charge in [0.15, 0.2) is 0 Å². The average Bonchev–Trinajstić information content (AvgIpc) is 2.56. The predicted molar refractivity (Wildman–Crippen MR) is 103 cm³/mol. The Morgan fingerprint density at radius 1 is 1.09 bits per heavy atom. The molecule has 1 aliphatic rings. The largest absolute Gasteiger partial charge is 0.280 e. The van der Waals surface area contributed by atoms with Crippen LogP contribution in [0.1, 0.15) is 76.7 Å². The molecule has 0 bridgehead atoms. The second-order valence-electron chi connectivity index (χ2n) is 7.01. The van der Waals surface area contributed by atoms with Crippen LogP contribution in [0, 0.1) is 11.7 Å². The van der Waals surface area contributed by atoms with Crippen LogP contribution in [-0.2, 0) is 0 Å². The fraction of sp³-hybridized carbons (Fsp3) is 0.684. The predicted octanol–water partition coefficient (Wildman–Crippen LogP) is 6.83. The first kappa shape index (κ1) is 19.3. The van der Waals surface area contributed by atoms with Gasteiger partial charge in [0.05, 0.1) is 0 Å². The van der Waals surface area contributed by atoms with E-state index in [9.17, 15) is 4.39 Å². The summed E-state index contributed by atoms with van der Waals surface area (Å²) in [5.41, 5.74) is 0.870. The van der Waals surface area contributed by atoms with Crippen molar-refractivity contribution in [2.45, 2.75) is 77.2 Å². The Balaban J connectivity index is 1.96. The van der Waals surface area contributed by atoms with Crippen LogP contribution in [0.5, 0.6) is 0 Å². The molecule has 0 aliphatic heterocycles. The van der Waals surface area contributed by atoms with Gasteiger partial charge in [0.2, 0.25) is 0 Å². The van der Waals surface area contributed by atoms with E-state index >= 15 is 0 Å². The van der Waals surface area contributed by atoms with Gasteiger partial charge < -0.3 is 0 Å². The topological polar surface area (TPSA) is 0 Å². The highest BCUT2D eigenvalue weighted by atomic mass is 35.7. The molecule has 0 aromatic heterocycles. The molecule has 1 aromatic carbocycles. The summed E-state index contributed by atoms with van der Waals surface area (Å²) in [5, 5.41) is 0.804. The minimum atomic E-state index is -2.48. The van der Waals surface area contributed by atoms with Gasteiger partial charge in [-0.1, -0.05) is 51.7 Å². The Hall–Kier alpha value is -0.0531. The van der Waals surface area contributed by atoms with Gasteiger partial charge in [-0.3, -0.25) is 0 Å². The summed E-state index contributed by atoms with van der Waals surface area (Å²) >= 11 is 12.7. The molecule has 0 N–H and O–H groups in total. The van der Waals surface area contributed by atoms with Crippen LogP contribution in [0.4, 0.5) is 4.39 Å². The quantitative estimate of drug-likeness (QED) is 0.278. The van der Waals surface area contributed by atoms with Crippen LogP contribution in [-0.4, -0.2) is 6.69 Å². The summed E-state index contributed by atoms with van der Waals surface area (Å²) in [7, 11) is 0. The van der Waals surface area contributed by atoms with Crippen molar-refractivity contribution in [2.75, 3.05) is 0 Å². The molecule has 0 saturated heterocycles. The van der Waals surface area contributed by atoms with Crippen LogP contribution in [0.2, 0.25) is 6.04 Å². The normalized spacial score (nSPS) is 22.3. The van der Waals surface area contributed by atoms with Crippen molar-refractivity contribution >= 4 is 34.0 Å². The third-order valence-corrected chi connectivity index (χ3v) is 10.3. The van der Waals surface area contributed by atoms with Crippen LogP contribution < -0.4 is 5.19 Å². The summed E-state index contributed by atoms with van der Waals surface area (Å²) in [6.07, 6.45) is 10.1. The van der Waals surface area contributed by atoms with Crippen LogP contribution in [0.25, 0.3) is 0 Å². The van der Waals surface area contributed by atoms with Gasteiger partial charge in [-0.05, 0) is 60.4 Å². The molecular weight excluding hydrogens is 346 g/mol. The van der Waals surface area contributed by atoms with Gasteiger partial charge in [-0.25, -0.2) is 4.39 Å². The number of unbranched alkanes of at least 4 members (excludes halogenated alkanes) is 2. The average molecular weight is 375 g/mol. The molecule has 0 atom stereocenters. The van der Waals surface area contributed by atoms with Gasteiger partial charge >= 0.3 is 0 Å². The highest BCUT2D eigenvalue weighted by molar-refractivity contribution is 7.50. The molecular formula is C19H29Cl2FSi. The number of benzene rings is 1. The maximum absolute atomic E-state index is 14.6. The second kappa shape index (κ2) is 8.87. The van der Waals surface area contributed by atoms with E-state index in [0.29, 0.717) is 12.0 Å². The van der Waals surface area contributed by atoms with E-state index in [4.69, 9.17) is 22.2 Å². The molecule has 2 rings (SSSR count). The van der Waals surface area contributed by atoms with Crippen molar-refractivity contribution in [1.82, 2.24) is 0 Å².